The smallest absolute Gasteiger partial charge is 0.137 e. The summed E-state index contributed by atoms with van der Waals surface area (Å²) in [6.45, 7) is 0.452. The maximum atomic E-state index is 12.7. The molecule has 0 heterocycles. The normalized spacial score (nSPS) is 10.3. The summed E-state index contributed by atoms with van der Waals surface area (Å²) in [4.78, 5) is 12.7. The molecule has 0 fully saturated rings. The van der Waals surface area contributed by atoms with Crippen LogP contribution in [0.1, 0.15) is 35.1 Å². The van der Waals surface area contributed by atoms with Crippen LogP contribution in [-0.2, 0) is 30.7 Å². The summed E-state index contributed by atoms with van der Waals surface area (Å²) in [7, 11) is 0. The largest absolute Gasteiger partial charge is 0.489 e. The molecule has 0 aromatic heterocycles. The third kappa shape index (κ3) is 6.33. The monoisotopic (exact) mass is 383 g/mol. The van der Waals surface area contributed by atoms with Gasteiger partial charge in [0.15, 0.2) is 0 Å². The summed E-state index contributed by atoms with van der Waals surface area (Å²) in [5, 5.41) is 8.98. The zero-order valence-electron chi connectivity index (χ0n) is 16.5. The van der Waals surface area contributed by atoms with Crippen molar-refractivity contribution in [1.29, 1.82) is 5.26 Å². The van der Waals surface area contributed by atoms with Crippen LogP contribution >= 0.6 is 0 Å². The van der Waals surface area contributed by atoms with E-state index in [1.165, 1.54) is 5.56 Å². The molecule has 3 rings (SSSR count). The lowest BCUT2D eigenvalue weighted by molar-refractivity contribution is -0.118. The van der Waals surface area contributed by atoms with Crippen LogP contribution in [0.15, 0.2) is 78.9 Å². The van der Waals surface area contributed by atoms with Gasteiger partial charge in [-0.2, -0.15) is 5.26 Å². The summed E-state index contributed by atoms with van der Waals surface area (Å²) in [6, 6.07) is 28.1. The minimum Gasteiger partial charge on any atom is -0.489 e. The predicted octanol–water partition coefficient (Wildman–Crippen LogP) is 5.47. The van der Waals surface area contributed by atoms with E-state index in [1.54, 1.807) is 0 Å². The van der Waals surface area contributed by atoms with Crippen molar-refractivity contribution < 1.29 is 9.53 Å². The molecule has 3 heteroatoms. The third-order valence-electron chi connectivity index (χ3n) is 4.88. The molecule has 0 aliphatic rings. The maximum absolute atomic E-state index is 12.7. The molecule has 0 N–H and O–H groups in total. The summed E-state index contributed by atoms with van der Waals surface area (Å²) in [5.41, 5.74) is 4.18. The van der Waals surface area contributed by atoms with Crippen LogP contribution in [0.2, 0.25) is 0 Å². The highest BCUT2D eigenvalue weighted by Gasteiger charge is 2.14. The second kappa shape index (κ2) is 10.8. The van der Waals surface area contributed by atoms with Gasteiger partial charge in [-0.1, -0.05) is 72.8 Å². The minimum atomic E-state index is 0.183. The average molecular weight is 383 g/mol. The Hall–Kier alpha value is -3.38. The Labute approximate surface area is 172 Å². The number of Topliss-reactive ketones (excluding diaryl/α,β-unsaturated/α-hetero) is 1. The highest BCUT2D eigenvalue weighted by molar-refractivity contribution is 5.82. The number of ether oxygens (including phenoxy) is 1. The molecule has 146 valence electrons. The Morgan fingerprint density at radius 1 is 0.828 bits per heavy atom. The molecule has 0 unspecified atom stereocenters. The lowest BCUT2D eigenvalue weighted by atomic mass is 9.95. The van der Waals surface area contributed by atoms with E-state index in [4.69, 9.17) is 10.00 Å². The average Bonchev–Trinajstić information content (AvgIpc) is 2.77. The number of carbonyl (C=O) groups excluding carboxylic acids is 1. The molecule has 0 atom stereocenters. The van der Waals surface area contributed by atoms with Crippen molar-refractivity contribution >= 4 is 5.78 Å². The molecule has 3 aromatic carbocycles. The molecular weight excluding hydrogens is 358 g/mol. The molecule has 0 saturated carbocycles. The van der Waals surface area contributed by atoms with E-state index in [-0.39, 0.29) is 5.78 Å². The summed E-state index contributed by atoms with van der Waals surface area (Å²) < 4.78 is 6.07. The van der Waals surface area contributed by atoms with E-state index in [2.05, 4.69) is 6.07 Å². The summed E-state index contributed by atoms with van der Waals surface area (Å²) in [6.07, 6.45) is 2.61. The van der Waals surface area contributed by atoms with Crippen molar-refractivity contribution in [3.8, 4) is 11.8 Å². The number of ketones is 1. The quantitative estimate of drug-likeness (QED) is 0.467. The number of rotatable bonds is 10. The first-order valence-corrected chi connectivity index (χ1v) is 9.96. The van der Waals surface area contributed by atoms with Gasteiger partial charge in [0.2, 0.25) is 0 Å². The lowest BCUT2D eigenvalue weighted by Crippen LogP contribution is -2.09. The van der Waals surface area contributed by atoms with Crippen LogP contribution in [0.5, 0.6) is 5.75 Å². The van der Waals surface area contributed by atoms with E-state index in [0.29, 0.717) is 32.3 Å². The number of benzene rings is 3. The number of hydrogen-bond donors (Lipinski definition) is 0. The van der Waals surface area contributed by atoms with Crippen LogP contribution in [0.4, 0.5) is 0 Å². The second-order valence-corrected chi connectivity index (χ2v) is 7.03. The first kappa shape index (κ1) is 20.4. The fourth-order valence-electron chi connectivity index (χ4n) is 3.32. The van der Waals surface area contributed by atoms with Crippen molar-refractivity contribution in [1.82, 2.24) is 0 Å². The van der Waals surface area contributed by atoms with Crippen LogP contribution in [-0.4, -0.2) is 5.78 Å². The minimum absolute atomic E-state index is 0.183. The van der Waals surface area contributed by atoms with Gasteiger partial charge in [-0.25, -0.2) is 0 Å². The molecule has 0 aliphatic heterocycles. The van der Waals surface area contributed by atoms with E-state index in [0.717, 1.165) is 28.9 Å². The van der Waals surface area contributed by atoms with Gasteiger partial charge in [-0.3, -0.25) is 4.79 Å². The first-order valence-electron chi connectivity index (χ1n) is 9.96. The van der Waals surface area contributed by atoms with E-state index in [9.17, 15) is 4.79 Å². The van der Waals surface area contributed by atoms with E-state index < -0.39 is 0 Å². The number of carbonyl (C=O) groups is 1. The lowest BCUT2D eigenvalue weighted by Gasteiger charge is -2.15. The Morgan fingerprint density at radius 2 is 1.52 bits per heavy atom. The molecule has 0 bridgehead atoms. The number of aryl methyl sites for hydroxylation is 2. The molecular formula is C26H25NO2. The van der Waals surface area contributed by atoms with Gasteiger partial charge in [0.1, 0.15) is 18.1 Å². The second-order valence-electron chi connectivity index (χ2n) is 7.03. The van der Waals surface area contributed by atoms with Crippen molar-refractivity contribution in [2.75, 3.05) is 0 Å². The highest BCUT2D eigenvalue weighted by atomic mass is 16.5. The molecule has 3 nitrogen and oxygen atoms in total. The fourth-order valence-corrected chi connectivity index (χ4v) is 3.32. The Balaban J connectivity index is 1.72. The predicted molar refractivity (Wildman–Crippen MR) is 115 cm³/mol. The Kier molecular flexibility index (Phi) is 7.60. The molecule has 0 amide bonds. The number of nitriles is 1. The molecule has 0 aliphatic carbocycles. The van der Waals surface area contributed by atoms with Crippen LogP contribution in [0, 0.1) is 11.3 Å². The van der Waals surface area contributed by atoms with Crippen LogP contribution in [0.25, 0.3) is 0 Å². The third-order valence-corrected chi connectivity index (χ3v) is 4.88. The van der Waals surface area contributed by atoms with Crippen LogP contribution in [0.3, 0.4) is 0 Å². The van der Waals surface area contributed by atoms with Gasteiger partial charge in [0, 0.05) is 24.8 Å². The topological polar surface area (TPSA) is 50.1 Å². The zero-order chi connectivity index (χ0) is 20.3. The standard InChI is InChI=1S/C26H25NO2/c27-18-8-14-23-13-7-15-26(29-20-22-11-5-2-6-12-22)25(23)19-24(28)17-16-21-9-3-1-4-10-21/h1-7,9-13,15H,8,14,16-17,19-20H2. The van der Waals surface area contributed by atoms with Gasteiger partial charge in [0.05, 0.1) is 6.07 Å². The summed E-state index contributed by atoms with van der Waals surface area (Å²) >= 11 is 0. The molecule has 0 saturated heterocycles. The summed E-state index contributed by atoms with van der Waals surface area (Å²) in [5.74, 6) is 0.917. The number of hydrogen-bond acceptors (Lipinski definition) is 3. The maximum Gasteiger partial charge on any atom is 0.137 e. The van der Waals surface area contributed by atoms with Crippen molar-refractivity contribution in [2.45, 2.75) is 38.7 Å². The van der Waals surface area contributed by atoms with Crippen molar-refractivity contribution in [3.63, 3.8) is 0 Å². The zero-order valence-corrected chi connectivity index (χ0v) is 16.5. The molecule has 29 heavy (non-hydrogen) atoms. The molecule has 3 aromatic rings. The first-order chi connectivity index (χ1) is 14.3. The SMILES string of the molecule is N#CCCc1cccc(OCc2ccccc2)c1CC(=O)CCc1ccccc1. The van der Waals surface area contributed by atoms with Gasteiger partial charge in [-0.15, -0.1) is 0 Å². The van der Waals surface area contributed by atoms with Crippen molar-refractivity contribution in [3.05, 3.63) is 101 Å². The Morgan fingerprint density at radius 3 is 2.21 bits per heavy atom. The van der Waals surface area contributed by atoms with Crippen molar-refractivity contribution in [2.24, 2.45) is 0 Å². The molecule has 0 spiro atoms. The Bertz CT molecular complexity index is 959. The fraction of sp³-hybridized carbons (Fsp3) is 0.231. The number of nitrogens with zero attached hydrogens (tertiary/aromatic N) is 1. The van der Waals surface area contributed by atoms with E-state index >= 15 is 0 Å². The molecule has 0 radical (unpaired) electrons. The van der Waals surface area contributed by atoms with Gasteiger partial charge in [-0.05, 0) is 35.6 Å². The van der Waals surface area contributed by atoms with Gasteiger partial charge < -0.3 is 4.74 Å². The van der Waals surface area contributed by atoms with E-state index in [1.807, 2.05) is 78.9 Å². The van der Waals surface area contributed by atoms with Gasteiger partial charge >= 0.3 is 0 Å². The van der Waals surface area contributed by atoms with Gasteiger partial charge in [0.25, 0.3) is 0 Å². The van der Waals surface area contributed by atoms with Crippen LogP contribution < -0.4 is 4.74 Å². The highest BCUT2D eigenvalue weighted by Crippen LogP contribution is 2.26.